The Kier molecular flexibility index (Phi) is 15.3. The molecule has 4 amide bonds. The van der Waals surface area contributed by atoms with Gasteiger partial charge in [0.2, 0.25) is 0 Å². The van der Waals surface area contributed by atoms with Gasteiger partial charge in [0.05, 0.1) is 29.0 Å². The number of nitrogens with zero attached hydrogens (tertiary/aromatic N) is 5. The van der Waals surface area contributed by atoms with E-state index in [4.69, 9.17) is 16.2 Å². The second-order valence-corrected chi connectivity index (χ2v) is 20.8. The molecule has 13 nitrogen and oxygen atoms in total. The van der Waals surface area contributed by atoms with Crippen molar-refractivity contribution in [1.29, 1.82) is 0 Å². The van der Waals surface area contributed by atoms with Crippen LogP contribution in [0.3, 0.4) is 0 Å². The molecule has 0 atom stereocenters. The molecule has 0 bridgehead atoms. The Bertz CT molecular complexity index is 2380. The van der Waals surface area contributed by atoms with Gasteiger partial charge in [0.15, 0.2) is 0 Å². The van der Waals surface area contributed by atoms with Gasteiger partial charge in [-0.1, -0.05) is 105 Å². The maximum Gasteiger partial charge on any atom is 0.314 e. The van der Waals surface area contributed by atoms with Crippen LogP contribution >= 0.6 is 0 Å². The summed E-state index contributed by atoms with van der Waals surface area (Å²) >= 11 is 0. The number of ether oxygens (including phenoxy) is 1. The van der Waals surface area contributed by atoms with Crippen molar-refractivity contribution in [3.8, 4) is 0 Å². The van der Waals surface area contributed by atoms with Crippen molar-refractivity contribution in [3.05, 3.63) is 155 Å². The van der Waals surface area contributed by atoms with Crippen LogP contribution in [0.25, 0.3) is 10.9 Å². The number of carbonyl (C=O) groups excluding carboxylic acids is 4. The summed E-state index contributed by atoms with van der Waals surface area (Å²) < 4.78 is 33.8. The molecule has 0 fully saturated rings. The summed E-state index contributed by atoms with van der Waals surface area (Å²) in [5, 5.41) is 7.60. The highest BCUT2D eigenvalue weighted by molar-refractivity contribution is 6.76. The van der Waals surface area contributed by atoms with E-state index in [1.165, 1.54) is 40.3 Å². The molecule has 5 N–H and O–H groups in total. The third-order valence-corrected chi connectivity index (χ3v) is 10.9. The Hall–Kier alpha value is -6.78. The van der Waals surface area contributed by atoms with Crippen LogP contribution in [0, 0.1) is 11.6 Å². The monoisotopic (exact) mass is 834 g/mol. The number of benzene rings is 4. The Morgan fingerprint density at radius 3 is 1.63 bits per heavy atom. The van der Waals surface area contributed by atoms with Gasteiger partial charge in [-0.05, 0) is 52.6 Å². The average molecular weight is 835 g/mol. The molecule has 0 aliphatic carbocycles. The number of nitrogens with two attached hydrogens (primary N) is 2. The first-order valence-corrected chi connectivity index (χ1v) is 22.8. The van der Waals surface area contributed by atoms with Gasteiger partial charge in [-0.15, -0.1) is 0 Å². The number of nitrogen functional groups attached to an aromatic ring is 1. The van der Waals surface area contributed by atoms with Crippen LogP contribution in [-0.2, 0) is 56.8 Å². The molecule has 312 valence electrons. The van der Waals surface area contributed by atoms with Gasteiger partial charge in [0.25, 0.3) is 0 Å². The maximum atomic E-state index is 13.4. The molecule has 4 aromatic carbocycles. The highest BCUT2D eigenvalue weighted by atomic mass is 28.3. The number of amides is 4. The molecule has 0 saturated carbocycles. The molecule has 6 rings (SSSR count). The van der Waals surface area contributed by atoms with E-state index < -0.39 is 31.7 Å². The fourth-order valence-electron chi connectivity index (χ4n) is 5.94. The van der Waals surface area contributed by atoms with Crippen LogP contribution in [0.2, 0.25) is 25.7 Å². The molecular weight excluding hydrogens is 787 g/mol. The summed E-state index contributed by atoms with van der Waals surface area (Å²) in [6, 6.07) is 31.2. The SMILES string of the molecule is C[Si](C)(C)CCOCn1ncc2c(N)ncc(NC(=O)C(=O)N(Cc3ccccc3)Cc3ccc(F)cc3)c21.NC(=O)C(=O)N(Cc1ccccc1)Cc1ccc(F)cc1. The second kappa shape index (κ2) is 20.8. The number of aromatic nitrogens is 3. The van der Waals surface area contributed by atoms with Gasteiger partial charge in [-0.25, -0.2) is 18.4 Å². The molecular formula is C44H48F2N8O5Si. The zero-order chi connectivity index (χ0) is 43.2. The van der Waals surface area contributed by atoms with E-state index in [9.17, 15) is 28.0 Å². The van der Waals surface area contributed by atoms with E-state index in [-0.39, 0.29) is 50.4 Å². The first kappa shape index (κ1) is 44.3. The fourth-order valence-corrected chi connectivity index (χ4v) is 6.70. The van der Waals surface area contributed by atoms with Crippen molar-refractivity contribution in [2.75, 3.05) is 17.7 Å². The lowest BCUT2D eigenvalue weighted by molar-refractivity contribution is -0.145. The quantitative estimate of drug-likeness (QED) is 0.0635. The minimum Gasteiger partial charge on any atom is -0.383 e. The van der Waals surface area contributed by atoms with Gasteiger partial charge < -0.3 is 31.3 Å². The van der Waals surface area contributed by atoms with Gasteiger partial charge in [-0.3, -0.25) is 19.2 Å². The molecule has 0 spiro atoms. The van der Waals surface area contributed by atoms with Gasteiger partial charge in [0.1, 0.15) is 24.2 Å². The number of fused-ring (bicyclic) bond motifs is 1. The van der Waals surface area contributed by atoms with E-state index >= 15 is 0 Å². The number of nitrogens with one attached hydrogen (secondary N) is 1. The van der Waals surface area contributed by atoms with Crippen LogP contribution in [-0.4, -0.2) is 62.9 Å². The number of rotatable bonds is 14. The summed E-state index contributed by atoms with van der Waals surface area (Å²) in [5.41, 5.74) is 15.1. The first-order valence-electron chi connectivity index (χ1n) is 19.1. The topological polar surface area (TPSA) is 179 Å². The minimum absolute atomic E-state index is 0.125. The van der Waals surface area contributed by atoms with Gasteiger partial charge in [-0.2, -0.15) is 5.10 Å². The van der Waals surface area contributed by atoms with Crippen molar-refractivity contribution in [1.82, 2.24) is 24.6 Å². The van der Waals surface area contributed by atoms with Crippen molar-refractivity contribution in [2.45, 2.75) is 58.6 Å². The van der Waals surface area contributed by atoms with Crippen LogP contribution in [0.15, 0.2) is 122 Å². The third kappa shape index (κ3) is 13.1. The summed E-state index contributed by atoms with van der Waals surface area (Å²) in [6.45, 7) is 8.35. The van der Waals surface area contributed by atoms with Crippen molar-refractivity contribution in [2.24, 2.45) is 5.73 Å². The molecule has 0 aliphatic heterocycles. The molecule has 2 heterocycles. The van der Waals surface area contributed by atoms with E-state index in [1.54, 1.807) is 35.1 Å². The third-order valence-electron chi connectivity index (χ3n) is 9.15. The summed E-state index contributed by atoms with van der Waals surface area (Å²) in [4.78, 5) is 56.6. The lowest BCUT2D eigenvalue weighted by atomic mass is 10.1. The number of anilines is 2. The molecule has 0 saturated heterocycles. The summed E-state index contributed by atoms with van der Waals surface area (Å²) in [7, 11) is -1.26. The Morgan fingerprint density at radius 1 is 0.700 bits per heavy atom. The minimum atomic E-state index is -1.26. The number of primary amides is 1. The maximum absolute atomic E-state index is 13.4. The first-order chi connectivity index (χ1) is 28.7. The zero-order valence-electron chi connectivity index (χ0n) is 33.7. The molecule has 0 aliphatic rings. The number of pyridine rings is 1. The largest absolute Gasteiger partial charge is 0.383 e. The number of carbonyl (C=O) groups is 4. The lowest BCUT2D eigenvalue weighted by Crippen LogP contribution is -2.39. The Labute approximate surface area is 348 Å². The average Bonchev–Trinajstić information content (AvgIpc) is 3.67. The molecule has 2 aromatic heterocycles. The standard InChI is InChI=1S/C28H33FN6O3Si.C16H15FN2O2/c1-39(2,3)14-13-38-19-35-25-23(15-32-35)26(30)31-16-24(25)33-27(36)28(37)34(17-20-7-5-4-6-8-20)18-21-9-11-22(29)12-10-21;17-14-8-6-13(7-9-14)11-19(16(21)15(18)20)10-12-4-2-1-3-5-12/h4-12,15-16H,13-14,17-19H2,1-3H3,(H2,30,31)(H,33,36);1-9H,10-11H2,(H2,18,20). The normalized spacial score (nSPS) is 11.0. The van der Waals surface area contributed by atoms with Crippen LogP contribution in [0.5, 0.6) is 0 Å². The zero-order valence-corrected chi connectivity index (χ0v) is 34.7. The predicted molar refractivity (Wildman–Crippen MR) is 228 cm³/mol. The van der Waals surface area contributed by atoms with Crippen LogP contribution in [0.1, 0.15) is 22.3 Å². The predicted octanol–water partition coefficient (Wildman–Crippen LogP) is 6.47. The van der Waals surface area contributed by atoms with Crippen molar-refractivity contribution < 1.29 is 32.7 Å². The fraction of sp³-hybridized carbons (Fsp3) is 0.227. The molecule has 16 heteroatoms. The molecule has 0 unspecified atom stereocenters. The van der Waals surface area contributed by atoms with E-state index in [0.717, 1.165) is 22.7 Å². The summed E-state index contributed by atoms with van der Waals surface area (Å²) in [6.07, 6.45) is 2.97. The second-order valence-electron chi connectivity index (χ2n) is 15.2. The van der Waals surface area contributed by atoms with Crippen LogP contribution < -0.4 is 16.8 Å². The van der Waals surface area contributed by atoms with E-state index in [0.29, 0.717) is 28.8 Å². The van der Waals surface area contributed by atoms with E-state index in [2.05, 4.69) is 35.0 Å². The molecule has 6 aromatic rings. The van der Waals surface area contributed by atoms with Gasteiger partial charge >= 0.3 is 23.6 Å². The summed E-state index contributed by atoms with van der Waals surface area (Å²) in [5.74, 6) is -3.83. The smallest absolute Gasteiger partial charge is 0.314 e. The van der Waals surface area contributed by atoms with Crippen LogP contribution in [0.4, 0.5) is 20.3 Å². The Morgan fingerprint density at radius 2 is 1.17 bits per heavy atom. The van der Waals surface area contributed by atoms with Crippen molar-refractivity contribution >= 4 is 54.1 Å². The number of hydrogen-bond acceptors (Lipinski definition) is 8. The molecule has 0 radical (unpaired) electrons. The highest BCUT2D eigenvalue weighted by Gasteiger charge is 2.25. The highest BCUT2D eigenvalue weighted by Crippen LogP contribution is 2.27. The number of hydrogen-bond donors (Lipinski definition) is 3. The van der Waals surface area contributed by atoms with Crippen molar-refractivity contribution in [3.63, 3.8) is 0 Å². The number of halogens is 2. The molecule has 60 heavy (non-hydrogen) atoms. The Balaban J connectivity index is 0.000000274. The van der Waals surface area contributed by atoms with Gasteiger partial charge in [0, 0.05) is 40.9 Å². The van der Waals surface area contributed by atoms with E-state index in [1.807, 2.05) is 60.7 Å². The lowest BCUT2D eigenvalue weighted by Gasteiger charge is -2.23.